The Morgan fingerprint density at radius 2 is 1.66 bits per heavy atom. The molecule has 1 atom stereocenters. The van der Waals surface area contributed by atoms with Gasteiger partial charge in [0.2, 0.25) is 0 Å². The number of halogens is 1. The largest absolute Gasteiger partial charge is 0.340 e. The number of rotatable bonds is 6. The average molecular weight is 408 g/mol. The van der Waals surface area contributed by atoms with Gasteiger partial charge in [0.1, 0.15) is 6.04 Å². The van der Waals surface area contributed by atoms with Crippen molar-refractivity contribution in [3.63, 3.8) is 0 Å². The fourth-order valence-corrected chi connectivity index (χ4v) is 3.22. The van der Waals surface area contributed by atoms with Crippen LogP contribution in [0.1, 0.15) is 29.8 Å². The highest BCUT2D eigenvalue weighted by Crippen LogP contribution is 2.17. The van der Waals surface area contributed by atoms with E-state index in [9.17, 15) is 9.59 Å². The van der Waals surface area contributed by atoms with Gasteiger partial charge in [-0.1, -0.05) is 80.0 Å². The molecular formula is C23H22ClN3O2. The Kier molecular flexibility index (Phi) is 6.62. The molecule has 1 unspecified atom stereocenters. The molecule has 2 N–H and O–H groups in total. The van der Waals surface area contributed by atoms with Crippen molar-refractivity contribution in [2.75, 3.05) is 0 Å². The Bertz CT molecular complexity index is 1060. The summed E-state index contributed by atoms with van der Waals surface area (Å²) in [5.41, 5.74) is 3.75. The Morgan fingerprint density at radius 3 is 2.41 bits per heavy atom. The van der Waals surface area contributed by atoms with E-state index in [0.717, 1.165) is 16.3 Å². The minimum Gasteiger partial charge on any atom is -0.340 e. The smallest absolute Gasteiger partial charge is 0.262 e. The molecule has 0 aliphatic heterocycles. The second kappa shape index (κ2) is 9.34. The molecule has 0 aliphatic rings. The number of hydrazone groups is 1. The van der Waals surface area contributed by atoms with Crippen molar-refractivity contribution in [3.05, 3.63) is 82.9 Å². The van der Waals surface area contributed by atoms with Gasteiger partial charge in [-0.05, 0) is 28.8 Å². The normalized spacial score (nSPS) is 12.3. The Labute approximate surface area is 174 Å². The van der Waals surface area contributed by atoms with Crippen LogP contribution in [-0.2, 0) is 4.79 Å². The zero-order chi connectivity index (χ0) is 20.8. The predicted octanol–water partition coefficient (Wildman–Crippen LogP) is 4.40. The standard InChI is InChI=1S/C23H22ClN3O2/c1-15(2)21(26-22(28)19-12-5-6-13-20(19)24)23(29)27-25-14-17-10-7-9-16-8-3-4-11-18(16)17/h3-15,21H,1-2H3,(H,26,28)(H,27,29). The van der Waals surface area contributed by atoms with E-state index in [1.54, 1.807) is 30.5 Å². The van der Waals surface area contributed by atoms with E-state index in [-0.39, 0.29) is 5.92 Å². The molecule has 0 aliphatic carbocycles. The number of hydrogen-bond acceptors (Lipinski definition) is 3. The van der Waals surface area contributed by atoms with Crippen LogP contribution in [0.5, 0.6) is 0 Å². The maximum absolute atomic E-state index is 12.6. The molecule has 0 fully saturated rings. The van der Waals surface area contributed by atoms with Gasteiger partial charge in [-0.15, -0.1) is 0 Å². The lowest BCUT2D eigenvalue weighted by Crippen LogP contribution is -2.48. The van der Waals surface area contributed by atoms with Gasteiger partial charge in [0.05, 0.1) is 16.8 Å². The molecule has 0 radical (unpaired) electrons. The SMILES string of the molecule is CC(C)C(NC(=O)c1ccccc1Cl)C(=O)NN=Cc1cccc2ccccc12. The third-order valence-corrected chi connectivity index (χ3v) is 4.89. The Hall–Kier alpha value is -3.18. The molecule has 0 spiro atoms. The summed E-state index contributed by atoms with van der Waals surface area (Å²) in [4.78, 5) is 25.1. The maximum atomic E-state index is 12.6. The molecule has 3 rings (SSSR count). The van der Waals surface area contributed by atoms with Gasteiger partial charge >= 0.3 is 0 Å². The summed E-state index contributed by atoms with van der Waals surface area (Å²) < 4.78 is 0. The summed E-state index contributed by atoms with van der Waals surface area (Å²) in [7, 11) is 0. The minimum atomic E-state index is -0.747. The van der Waals surface area contributed by atoms with Gasteiger partial charge in [-0.3, -0.25) is 9.59 Å². The molecule has 0 heterocycles. The van der Waals surface area contributed by atoms with Crippen LogP contribution >= 0.6 is 11.6 Å². The highest BCUT2D eigenvalue weighted by molar-refractivity contribution is 6.33. The number of fused-ring (bicyclic) bond motifs is 1. The first-order valence-electron chi connectivity index (χ1n) is 9.33. The molecule has 0 aromatic heterocycles. The molecule has 3 aromatic carbocycles. The molecule has 6 heteroatoms. The van der Waals surface area contributed by atoms with E-state index < -0.39 is 17.9 Å². The molecule has 0 bridgehead atoms. The molecular weight excluding hydrogens is 386 g/mol. The van der Waals surface area contributed by atoms with Crippen LogP contribution in [0.4, 0.5) is 0 Å². The molecule has 29 heavy (non-hydrogen) atoms. The maximum Gasteiger partial charge on any atom is 0.262 e. The van der Waals surface area contributed by atoms with Gasteiger partial charge in [0.15, 0.2) is 0 Å². The highest BCUT2D eigenvalue weighted by Gasteiger charge is 2.25. The van der Waals surface area contributed by atoms with E-state index in [4.69, 9.17) is 11.6 Å². The molecule has 2 amide bonds. The van der Waals surface area contributed by atoms with Crippen molar-refractivity contribution >= 4 is 40.4 Å². The van der Waals surface area contributed by atoms with E-state index in [1.807, 2.05) is 56.3 Å². The summed E-state index contributed by atoms with van der Waals surface area (Å²) in [6.45, 7) is 3.71. The van der Waals surface area contributed by atoms with Crippen LogP contribution in [-0.4, -0.2) is 24.1 Å². The van der Waals surface area contributed by atoms with Crippen molar-refractivity contribution in [2.24, 2.45) is 11.0 Å². The Morgan fingerprint density at radius 1 is 0.966 bits per heavy atom. The third-order valence-electron chi connectivity index (χ3n) is 4.56. The van der Waals surface area contributed by atoms with Gasteiger partial charge in [-0.2, -0.15) is 5.10 Å². The summed E-state index contributed by atoms with van der Waals surface area (Å²) in [6, 6.07) is 19.8. The Balaban J connectivity index is 1.70. The third kappa shape index (κ3) is 5.00. The number of nitrogens with zero attached hydrogens (tertiary/aromatic N) is 1. The lowest BCUT2D eigenvalue weighted by atomic mass is 10.0. The molecule has 3 aromatic rings. The van der Waals surface area contributed by atoms with Crippen LogP contribution in [0, 0.1) is 5.92 Å². The fourth-order valence-electron chi connectivity index (χ4n) is 3.00. The highest BCUT2D eigenvalue weighted by atomic mass is 35.5. The molecule has 5 nitrogen and oxygen atoms in total. The number of carbonyl (C=O) groups excluding carboxylic acids is 2. The lowest BCUT2D eigenvalue weighted by molar-refractivity contribution is -0.123. The first-order chi connectivity index (χ1) is 14.0. The van der Waals surface area contributed by atoms with Crippen molar-refractivity contribution in [1.82, 2.24) is 10.7 Å². The average Bonchev–Trinajstić information content (AvgIpc) is 2.72. The van der Waals surface area contributed by atoms with E-state index in [1.165, 1.54) is 0 Å². The predicted molar refractivity (Wildman–Crippen MR) is 117 cm³/mol. The monoisotopic (exact) mass is 407 g/mol. The molecule has 0 saturated carbocycles. The van der Waals surface area contributed by atoms with Crippen LogP contribution < -0.4 is 10.7 Å². The van der Waals surface area contributed by atoms with Gasteiger partial charge in [-0.25, -0.2) is 5.43 Å². The number of amides is 2. The number of carbonyl (C=O) groups is 2. The first-order valence-corrected chi connectivity index (χ1v) is 9.71. The van der Waals surface area contributed by atoms with Crippen LogP contribution in [0.3, 0.4) is 0 Å². The van der Waals surface area contributed by atoms with Crippen molar-refractivity contribution in [1.29, 1.82) is 0 Å². The van der Waals surface area contributed by atoms with Crippen molar-refractivity contribution in [2.45, 2.75) is 19.9 Å². The van der Waals surface area contributed by atoms with Gasteiger partial charge in [0, 0.05) is 5.56 Å². The van der Waals surface area contributed by atoms with Gasteiger partial charge in [0.25, 0.3) is 11.8 Å². The van der Waals surface area contributed by atoms with Crippen molar-refractivity contribution < 1.29 is 9.59 Å². The zero-order valence-corrected chi connectivity index (χ0v) is 17.0. The first kappa shape index (κ1) is 20.6. The van der Waals surface area contributed by atoms with Crippen LogP contribution in [0.2, 0.25) is 5.02 Å². The number of benzene rings is 3. The number of hydrogen-bond donors (Lipinski definition) is 2. The lowest BCUT2D eigenvalue weighted by Gasteiger charge is -2.20. The van der Waals surface area contributed by atoms with Gasteiger partial charge < -0.3 is 5.32 Å². The van der Waals surface area contributed by atoms with E-state index in [0.29, 0.717) is 10.6 Å². The summed E-state index contributed by atoms with van der Waals surface area (Å²) >= 11 is 6.08. The minimum absolute atomic E-state index is 0.130. The van der Waals surface area contributed by atoms with E-state index >= 15 is 0 Å². The zero-order valence-electron chi connectivity index (χ0n) is 16.2. The van der Waals surface area contributed by atoms with E-state index in [2.05, 4.69) is 15.8 Å². The summed E-state index contributed by atoms with van der Waals surface area (Å²) in [5, 5.41) is 9.30. The molecule has 148 valence electrons. The van der Waals surface area contributed by atoms with Crippen LogP contribution in [0.25, 0.3) is 10.8 Å². The second-order valence-corrected chi connectivity index (χ2v) is 7.38. The summed E-state index contributed by atoms with van der Waals surface area (Å²) in [6.07, 6.45) is 1.60. The number of nitrogens with one attached hydrogen (secondary N) is 2. The second-order valence-electron chi connectivity index (χ2n) is 6.98. The molecule has 0 saturated heterocycles. The topological polar surface area (TPSA) is 70.6 Å². The quantitative estimate of drug-likeness (QED) is 0.469. The summed E-state index contributed by atoms with van der Waals surface area (Å²) in [5.74, 6) is -0.923. The van der Waals surface area contributed by atoms with Crippen molar-refractivity contribution in [3.8, 4) is 0 Å². The van der Waals surface area contributed by atoms with Crippen LogP contribution in [0.15, 0.2) is 71.8 Å². The fraction of sp³-hybridized carbons (Fsp3) is 0.174.